The third-order valence-corrected chi connectivity index (χ3v) is 6.25. The molecule has 0 saturated heterocycles. The summed E-state index contributed by atoms with van der Waals surface area (Å²) in [4.78, 5) is 50.9. The number of nitrogens with zero attached hydrogens (tertiary/aromatic N) is 2. The van der Waals surface area contributed by atoms with E-state index in [1.54, 1.807) is 61.4 Å². The maximum absolute atomic E-state index is 11.9. The summed E-state index contributed by atoms with van der Waals surface area (Å²) in [6.07, 6.45) is 7.04. The molecule has 0 atom stereocenters. The maximum atomic E-state index is 11.9. The Morgan fingerprint density at radius 1 is 0.612 bits per heavy atom. The van der Waals surface area contributed by atoms with E-state index in [1.165, 1.54) is 0 Å². The Labute approximate surface area is 304 Å². The van der Waals surface area contributed by atoms with Crippen molar-refractivity contribution in [1.29, 1.82) is 0 Å². The van der Waals surface area contributed by atoms with Crippen molar-refractivity contribution in [3.8, 4) is 11.5 Å². The van der Waals surface area contributed by atoms with Crippen LogP contribution >= 0.6 is 0 Å². The fourth-order valence-electron chi connectivity index (χ4n) is 4.13. The first-order chi connectivity index (χ1) is 21.7. The predicted octanol–water partition coefficient (Wildman–Crippen LogP) is -0.0995. The smallest absolute Gasteiger partial charge is 0.877 e. The van der Waals surface area contributed by atoms with Gasteiger partial charge in [-0.05, 0) is 52.0 Å². The molecule has 2 aliphatic rings. The van der Waals surface area contributed by atoms with Crippen molar-refractivity contribution in [3.05, 3.63) is 71.2 Å². The van der Waals surface area contributed by atoms with Gasteiger partial charge in [0.05, 0.1) is 22.3 Å². The number of fused-ring (bicyclic) bond motifs is 2. The third kappa shape index (κ3) is 14.3. The van der Waals surface area contributed by atoms with Crippen LogP contribution in [0, 0.1) is 0 Å². The Morgan fingerprint density at radius 2 is 0.878 bits per heavy atom. The average Bonchev–Trinajstić information content (AvgIpc) is 2.98. The molecular weight excluding hydrogens is 734 g/mol. The van der Waals surface area contributed by atoms with E-state index in [4.69, 9.17) is 9.47 Å². The molecule has 0 aliphatic carbocycles. The van der Waals surface area contributed by atoms with Crippen LogP contribution in [0.1, 0.15) is 48.4 Å². The second-order valence-corrected chi connectivity index (χ2v) is 12.7. The van der Waals surface area contributed by atoms with Crippen LogP contribution in [0.5, 0.6) is 11.5 Å². The minimum atomic E-state index is -0.885. The zero-order chi connectivity index (χ0) is 35.1. The van der Waals surface area contributed by atoms with Crippen LogP contribution in [0.15, 0.2) is 60.1 Å². The van der Waals surface area contributed by atoms with Crippen molar-refractivity contribution in [2.45, 2.75) is 27.7 Å². The fraction of sp³-hybridized carbons (Fsp3) is 0.375. The van der Waals surface area contributed by atoms with Gasteiger partial charge in [-0.2, -0.15) is 0 Å². The molecule has 2 aromatic carbocycles. The maximum Gasteiger partial charge on any atom is 2.00 e. The van der Waals surface area contributed by atoms with Crippen LogP contribution in [0.3, 0.4) is 0 Å². The molecule has 0 bridgehead atoms. The summed E-state index contributed by atoms with van der Waals surface area (Å²) >= 11 is 0. The summed E-state index contributed by atoms with van der Waals surface area (Å²) in [6.45, 7) is 11.3. The van der Waals surface area contributed by atoms with Gasteiger partial charge in [0.2, 0.25) is 11.6 Å². The minimum Gasteiger partial charge on any atom is -0.877 e. The molecule has 268 valence electrons. The molecule has 17 heteroatoms. The van der Waals surface area contributed by atoms with E-state index in [9.17, 15) is 37.8 Å². The second kappa shape index (κ2) is 24.4. The first-order valence-corrected chi connectivity index (χ1v) is 18.1. The van der Waals surface area contributed by atoms with Crippen LogP contribution < -0.4 is 29.5 Å². The van der Waals surface area contributed by atoms with Gasteiger partial charge in [-0.15, -0.1) is 12.5 Å². The number of carbonyl (C=O) groups is 4. The summed E-state index contributed by atoms with van der Waals surface area (Å²) in [7, 11) is -1.22. The van der Waals surface area contributed by atoms with Gasteiger partial charge in [-0.1, -0.05) is 0 Å². The summed E-state index contributed by atoms with van der Waals surface area (Å²) in [6, 6.07) is 10.0. The number of Topliss-reactive ketones (excluding diaryl/α,β-unsaturated/α-hetero) is 2. The van der Waals surface area contributed by atoms with Crippen LogP contribution in [0.25, 0.3) is 0 Å². The molecular formula is C32H46N2O12S2Zn+2. The molecule has 0 aromatic heterocycles. The van der Waals surface area contributed by atoms with Crippen molar-refractivity contribution >= 4 is 56.5 Å². The molecule has 0 saturated carbocycles. The molecule has 14 nitrogen and oxygen atoms in total. The number of carbonyl (C=O) groups excluding carboxylic acids is 4. The molecule has 0 radical (unpaired) electrons. The van der Waals surface area contributed by atoms with Gasteiger partial charge in [-0.3, -0.25) is 18.0 Å². The van der Waals surface area contributed by atoms with E-state index < -0.39 is 56.3 Å². The number of esters is 2. The molecule has 2 aromatic rings. The molecule has 0 spiro atoms. The number of ketones is 2. The monoisotopic (exact) mass is 778 g/mol. The van der Waals surface area contributed by atoms with Gasteiger partial charge in [-0.25, -0.2) is 9.59 Å². The van der Waals surface area contributed by atoms with E-state index in [2.05, 4.69) is 9.80 Å². The Kier molecular flexibility index (Phi) is 24.7. The molecule has 0 amide bonds. The number of ether oxygens (including phenoxy) is 2. The zero-order valence-corrected chi connectivity index (χ0v) is 33.7. The normalized spacial score (nSPS) is 14.0. The largest absolute Gasteiger partial charge is 2.00 e. The average molecular weight is 780 g/mol. The van der Waals surface area contributed by atoms with E-state index in [0.717, 1.165) is 37.6 Å². The SMILES string of the molecule is CCN(CC)c1ccc2c(c1)OC(=O)/C(=C/[O-])C2=O.CCN(CC)c1ccc2c(c1)OC(=O)/C(=C/[O-])C2=O.CS(C)=O.CS(C)=O.[OH3+].[OH3+].[Zn+2]. The van der Waals surface area contributed by atoms with Gasteiger partial charge in [0.15, 0.2) is 0 Å². The Balaban J connectivity index is -0.000000675. The predicted molar refractivity (Wildman–Crippen MR) is 186 cm³/mol. The summed E-state index contributed by atoms with van der Waals surface area (Å²) in [5.74, 6) is -2.50. The molecule has 2 heterocycles. The topological polar surface area (TPSA) is 239 Å². The van der Waals surface area contributed by atoms with Gasteiger partial charge in [0.1, 0.15) is 11.5 Å². The second-order valence-electron chi connectivity index (χ2n) is 9.69. The van der Waals surface area contributed by atoms with Gasteiger partial charge >= 0.3 is 31.4 Å². The fourth-order valence-corrected chi connectivity index (χ4v) is 4.13. The van der Waals surface area contributed by atoms with E-state index >= 15 is 0 Å². The standard InChI is InChI=1S/2C14H15NO4.2C2H6OS.2H2O.Zn/c2*1-3-15(4-2)9-5-6-10-12(7-9)19-14(18)11(8-16)13(10)17;2*1-4(2)3;;;/h2*5-8,16H,3-4H2,1-2H3;2*1-2H3;2*1H2;/q;;;;;;+2/b2*11-8+;;;;;. The first-order valence-electron chi connectivity index (χ1n) is 14.2. The number of hydrogen-bond acceptors (Lipinski definition) is 12. The molecule has 0 fully saturated rings. The Morgan fingerprint density at radius 3 is 1.10 bits per heavy atom. The third-order valence-electron chi connectivity index (χ3n) is 6.25. The number of hydrogen-bond donors (Lipinski definition) is 0. The van der Waals surface area contributed by atoms with Gasteiger partial charge in [0.25, 0.3) is 0 Å². The van der Waals surface area contributed by atoms with Gasteiger partial charge in [0, 0.05) is 96.3 Å². The van der Waals surface area contributed by atoms with E-state index in [-0.39, 0.29) is 65.6 Å². The zero-order valence-electron chi connectivity index (χ0n) is 29.1. The summed E-state index contributed by atoms with van der Waals surface area (Å²) in [5, 5.41) is 21.4. The van der Waals surface area contributed by atoms with Crippen molar-refractivity contribution in [2.75, 3.05) is 61.0 Å². The molecule has 6 N–H and O–H groups in total. The summed E-state index contributed by atoms with van der Waals surface area (Å²) in [5.41, 5.74) is 1.33. The number of benzene rings is 2. The van der Waals surface area contributed by atoms with Crippen molar-refractivity contribution in [2.24, 2.45) is 0 Å². The van der Waals surface area contributed by atoms with Crippen LogP contribution in [-0.4, -0.2) is 83.1 Å². The molecule has 2 aliphatic heterocycles. The quantitative estimate of drug-likeness (QED) is 0.0711. The van der Waals surface area contributed by atoms with E-state index in [0.29, 0.717) is 0 Å². The Hall–Kier alpha value is -3.76. The summed E-state index contributed by atoms with van der Waals surface area (Å²) < 4.78 is 29.2. The Bertz CT molecular complexity index is 1420. The van der Waals surface area contributed by atoms with Crippen LogP contribution in [0.4, 0.5) is 11.4 Å². The van der Waals surface area contributed by atoms with E-state index in [1.807, 2.05) is 27.7 Å². The van der Waals surface area contributed by atoms with Crippen molar-refractivity contribution < 1.29 is 77.7 Å². The molecule has 4 rings (SSSR count). The number of rotatable bonds is 6. The number of anilines is 2. The van der Waals surface area contributed by atoms with Crippen molar-refractivity contribution in [3.63, 3.8) is 0 Å². The molecule has 49 heavy (non-hydrogen) atoms. The molecule has 0 unspecified atom stereocenters. The van der Waals surface area contributed by atoms with Crippen molar-refractivity contribution in [1.82, 2.24) is 0 Å². The first kappa shape index (κ1) is 49.6. The van der Waals surface area contributed by atoms with Crippen LogP contribution in [0.2, 0.25) is 0 Å². The minimum absolute atomic E-state index is 0. The van der Waals surface area contributed by atoms with Gasteiger partial charge < -0.3 is 40.4 Å². The van der Waals surface area contributed by atoms with Crippen LogP contribution in [-0.2, 0) is 61.6 Å².